The number of alkyl halides is 1. The lowest BCUT2D eigenvalue weighted by atomic mass is 9.99. The molecule has 2 nitrogen and oxygen atoms in total. The summed E-state index contributed by atoms with van der Waals surface area (Å²) in [5.74, 6) is 0.0490. The second-order valence-corrected chi connectivity index (χ2v) is 3.20. The molecule has 1 rings (SSSR count). The van der Waals surface area contributed by atoms with Crippen molar-refractivity contribution in [1.29, 1.82) is 0 Å². The van der Waals surface area contributed by atoms with Gasteiger partial charge in [-0.15, -0.1) is 11.6 Å². The van der Waals surface area contributed by atoms with E-state index in [1.165, 1.54) is 0 Å². The molecule has 0 spiro atoms. The summed E-state index contributed by atoms with van der Waals surface area (Å²) >= 11 is 5.78. The molecule has 0 amide bonds. The Morgan fingerprint density at radius 1 is 1.25 bits per heavy atom. The lowest BCUT2D eigenvalue weighted by Gasteiger charge is -2.16. The van der Waals surface area contributed by atoms with E-state index in [-0.39, 0.29) is 5.92 Å². The van der Waals surface area contributed by atoms with Gasteiger partial charge in [0.15, 0.2) is 0 Å². The molecule has 12 heavy (non-hydrogen) atoms. The molecule has 2 unspecified atom stereocenters. The predicted octanol–water partition coefficient (Wildman–Crippen LogP) is 1.25. The number of nitrogens with two attached hydrogens (primary N) is 2. The van der Waals surface area contributed by atoms with Gasteiger partial charge < -0.3 is 11.5 Å². The number of benzene rings is 1. The van der Waals surface area contributed by atoms with E-state index in [1.807, 2.05) is 30.3 Å². The number of hydrogen-bond donors (Lipinski definition) is 2. The first kappa shape index (κ1) is 9.52. The minimum atomic E-state index is -0.405. The fourth-order valence-electron chi connectivity index (χ4n) is 1.15. The van der Waals surface area contributed by atoms with Crippen LogP contribution in [0.25, 0.3) is 0 Å². The smallest absolute Gasteiger partial charge is 0.0882 e. The van der Waals surface area contributed by atoms with Crippen molar-refractivity contribution in [3.05, 3.63) is 35.9 Å². The molecule has 1 aromatic carbocycles. The monoisotopic (exact) mass is 184 g/mol. The maximum absolute atomic E-state index is 5.78. The summed E-state index contributed by atoms with van der Waals surface area (Å²) in [5, 5.41) is 0. The molecule has 0 heterocycles. The van der Waals surface area contributed by atoms with Crippen LogP contribution in [0.15, 0.2) is 30.3 Å². The highest BCUT2D eigenvalue weighted by Crippen LogP contribution is 2.18. The normalized spacial score (nSPS) is 15.6. The number of halogens is 1. The van der Waals surface area contributed by atoms with Gasteiger partial charge in [-0.1, -0.05) is 30.3 Å². The quantitative estimate of drug-likeness (QED) is 0.549. The van der Waals surface area contributed by atoms with Crippen LogP contribution in [0.4, 0.5) is 0 Å². The molecule has 0 aliphatic heterocycles. The molecule has 0 aliphatic carbocycles. The third-order valence-electron chi connectivity index (χ3n) is 1.87. The van der Waals surface area contributed by atoms with Gasteiger partial charge in [0.2, 0.25) is 0 Å². The van der Waals surface area contributed by atoms with Crippen molar-refractivity contribution >= 4 is 11.6 Å². The SMILES string of the molecule is NCC(c1ccccc1)C(N)Cl. The van der Waals surface area contributed by atoms with Crippen molar-refractivity contribution in [1.82, 2.24) is 0 Å². The average molecular weight is 185 g/mol. The van der Waals surface area contributed by atoms with Gasteiger partial charge in [-0.3, -0.25) is 0 Å². The van der Waals surface area contributed by atoms with Crippen LogP contribution >= 0.6 is 11.6 Å². The molecular formula is C9H13ClN2. The largest absolute Gasteiger partial charge is 0.330 e. The average Bonchev–Trinajstić information content (AvgIpc) is 2.07. The van der Waals surface area contributed by atoms with Crippen LogP contribution in [0.3, 0.4) is 0 Å². The van der Waals surface area contributed by atoms with Crippen LogP contribution in [-0.4, -0.2) is 12.0 Å². The highest BCUT2D eigenvalue weighted by molar-refractivity contribution is 6.20. The Morgan fingerprint density at radius 3 is 2.25 bits per heavy atom. The third-order valence-corrected chi connectivity index (χ3v) is 2.17. The molecule has 2 atom stereocenters. The van der Waals surface area contributed by atoms with Crippen molar-refractivity contribution in [2.75, 3.05) is 6.54 Å². The van der Waals surface area contributed by atoms with E-state index < -0.39 is 5.50 Å². The van der Waals surface area contributed by atoms with Crippen molar-refractivity contribution in [2.45, 2.75) is 11.4 Å². The summed E-state index contributed by atoms with van der Waals surface area (Å²) < 4.78 is 0. The van der Waals surface area contributed by atoms with Crippen molar-refractivity contribution < 1.29 is 0 Å². The minimum Gasteiger partial charge on any atom is -0.330 e. The van der Waals surface area contributed by atoms with Gasteiger partial charge in [-0.25, -0.2) is 0 Å². The van der Waals surface area contributed by atoms with Crippen LogP contribution in [0.2, 0.25) is 0 Å². The fraction of sp³-hybridized carbons (Fsp3) is 0.333. The summed E-state index contributed by atoms with van der Waals surface area (Å²) in [6, 6.07) is 9.84. The van der Waals surface area contributed by atoms with E-state index >= 15 is 0 Å². The molecule has 0 saturated heterocycles. The molecule has 0 aliphatic rings. The first-order valence-electron chi connectivity index (χ1n) is 3.90. The lowest BCUT2D eigenvalue weighted by Crippen LogP contribution is -2.28. The Kier molecular flexibility index (Phi) is 3.53. The second kappa shape index (κ2) is 4.45. The standard InChI is InChI=1S/C9H13ClN2/c10-9(12)8(6-11)7-4-2-1-3-5-7/h1-5,8-9H,6,11-12H2. The van der Waals surface area contributed by atoms with E-state index in [0.29, 0.717) is 6.54 Å². The lowest BCUT2D eigenvalue weighted by molar-refractivity contribution is 0.664. The van der Waals surface area contributed by atoms with E-state index in [2.05, 4.69) is 0 Å². The zero-order valence-corrected chi connectivity index (χ0v) is 7.54. The maximum Gasteiger partial charge on any atom is 0.0882 e. The van der Waals surface area contributed by atoms with E-state index in [1.54, 1.807) is 0 Å². The summed E-state index contributed by atoms with van der Waals surface area (Å²) in [5.41, 5.74) is 11.8. The topological polar surface area (TPSA) is 52.0 Å². The molecule has 0 aromatic heterocycles. The summed E-state index contributed by atoms with van der Waals surface area (Å²) in [6.45, 7) is 0.481. The summed E-state index contributed by atoms with van der Waals surface area (Å²) in [4.78, 5) is 0. The van der Waals surface area contributed by atoms with Gasteiger partial charge in [0, 0.05) is 12.5 Å². The van der Waals surface area contributed by atoms with Crippen LogP contribution in [0.1, 0.15) is 11.5 Å². The zero-order chi connectivity index (χ0) is 8.97. The van der Waals surface area contributed by atoms with E-state index in [0.717, 1.165) is 5.56 Å². The molecule has 1 aromatic rings. The van der Waals surface area contributed by atoms with Gasteiger partial charge in [0.25, 0.3) is 0 Å². The molecule has 4 N–H and O–H groups in total. The second-order valence-electron chi connectivity index (χ2n) is 2.70. The fourth-order valence-corrected chi connectivity index (χ4v) is 1.40. The minimum absolute atomic E-state index is 0.0490. The Hall–Kier alpha value is -0.570. The summed E-state index contributed by atoms with van der Waals surface area (Å²) in [6.07, 6.45) is 0. The van der Waals surface area contributed by atoms with Gasteiger partial charge in [0.05, 0.1) is 5.50 Å². The zero-order valence-electron chi connectivity index (χ0n) is 6.78. The third kappa shape index (κ3) is 2.21. The number of hydrogen-bond acceptors (Lipinski definition) is 2. The summed E-state index contributed by atoms with van der Waals surface area (Å²) in [7, 11) is 0. The Balaban J connectivity index is 2.80. The molecule has 0 fully saturated rings. The van der Waals surface area contributed by atoms with Gasteiger partial charge in [0.1, 0.15) is 0 Å². The highest BCUT2D eigenvalue weighted by Gasteiger charge is 2.14. The van der Waals surface area contributed by atoms with Gasteiger partial charge >= 0.3 is 0 Å². The first-order valence-corrected chi connectivity index (χ1v) is 4.34. The first-order chi connectivity index (χ1) is 5.75. The number of rotatable bonds is 3. The molecular weight excluding hydrogens is 172 g/mol. The highest BCUT2D eigenvalue weighted by atomic mass is 35.5. The van der Waals surface area contributed by atoms with Crippen molar-refractivity contribution in [3.63, 3.8) is 0 Å². The molecule has 66 valence electrons. The van der Waals surface area contributed by atoms with E-state index in [9.17, 15) is 0 Å². The predicted molar refractivity (Wildman–Crippen MR) is 52.1 cm³/mol. The van der Waals surface area contributed by atoms with E-state index in [4.69, 9.17) is 23.1 Å². The Morgan fingerprint density at radius 2 is 1.83 bits per heavy atom. The van der Waals surface area contributed by atoms with Gasteiger partial charge in [-0.2, -0.15) is 0 Å². The van der Waals surface area contributed by atoms with Crippen LogP contribution in [0.5, 0.6) is 0 Å². The maximum atomic E-state index is 5.78. The molecule has 0 bridgehead atoms. The van der Waals surface area contributed by atoms with Crippen LogP contribution in [0, 0.1) is 0 Å². The van der Waals surface area contributed by atoms with Crippen LogP contribution in [-0.2, 0) is 0 Å². The molecule has 0 radical (unpaired) electrons. The van der Waals surface area contributed by atoms with Crippen molar-refractivity contribution in [2.24, 2.45) is 11.5 Å². The Bertz CT molecular complexity index is 223. The Labute approximate surface area is 77.5 Å². The molecule has 0 saturated carbocycles. The van der Waals surface area contributed by atoms with Gasteiger partial charge in [-0.05, 0) is 5.56 Å². The van der Waals surface area contributed by atoms with Crippen molar-refractivity contribution in [3.8, 4) is 0 Å². The van der Waals surface area contributed by atoms with Crippen LogP contribution < -0.4 is 11.5 Å². The molecule has 3 heteroatoms.